The zero-order chi connectivity index (χ0) is 12.5. The molecule has 0 atom stereocenters. The average Bonchev–Trinajstić information content (AvgIpc) is 3.00. The molecule has 0 saturated heterocycles. The maximum Gasteiger partial charge on any atom is 0.151 e. The van der Waals surface area contributed by atoms with Gasteiger partial charge < -0.3 is 4.74 Å². The first-order valence-electron chi connectivity index (χ1n) is 5.53. The Hall–Kier alpha value is -0.550. The van der Waals surface area contributed by atoms with Crippen LogP contribution < -0.4 is 4.74 Å². The molecular weight excluding hydrogens is 304 g/mol. The van der Waals surface area contributed by atoms with Crippen molar-refractivity contribution in [2.24, 2.45) is 5.92 Å². The predicted octanol–water partition coefficient (Wildman–Crippen LogP) is 2.78. The maximum absolute atomic E-state index is 11.3. The summed E-state index contributed by atoms with van der Waals surface area (Å²) >= 11 is 3.37. The Morgan fingerprint density at radius 3 is 2.71 bits per heavy atom. The molecule has 3 nitrogen and oxygen atoms in total. The Morgan fingerprint density at radius 2 is 2.12 bits per heavy atom. The molecule has 0 heterocycles. The molecule has 94 valence electrons. The first-order valence-corrected chi connectivity index (χ1v) is 8.38. The van der Waals surface area contributed by atoms with Gasteiger partial charge in [-0.1, -0.05) is 22.0 Å². The molecule has 0 radical (unpaired) electrons. The van der Waals surface area contributed by atoms with Crippen molar-refractivity contribution >= 4 is 25.8 Å². The predicted molar refractivity (Wildman–Crippen MR) is 70.9 cm³/mol. The van der Waals surface area contributed by atoms with Gasteiger partial charge in [0.1, 0.15) is 5.75 Å². The van der Waals surface area contributed by atoms with Crippen LogP contribution in [0.3, 0.4) is 0 Å². The van der Waals surface area contributed by atoms with Crippen molar-refractivity contribution in [2.45, 2.75) is 18.6 Å². The monoisotopic (exact) mass is 318 g/mol. The minimum atomic E-state index is -3.03. The molecule has 0 unspecified atom stereocenters. The third-order valence-corrected chi connectivity index (χ3v) is 3.95. The van der Waals surface area contributed by atoms with Crippen LogP contribution in [0.1, 0.15) is 18.4 Å². The Kier molecular flexibility index (Phi) is 3.78. The highest BCUT2D eigenvalue weighted by Crippen LogP contribution is 2.31. The summed E-state index contributed by atoms with van der Waals surface area (Å²) in [6, 6.07) is 5.47. The van der Waals surface area contributed by atoms with Gasteiger partial charge in [0.2, 0.25) is 0 Å². The average molecular weight is 319 g/mol. The summed E-state index contributed by atoms with van der Waals surface area (Å²) in [4.78, 5) is 0. The quantitative estimate of drug-likeness (QED) is 0.838. The van der Waals surface area contributed by atoms with Crippen LogP contribution in [0.4, 0.5) is 0 Å². The van der Waals surface area contributed by atoms with Gasteiger partial charge in [-0.15, -0.1) is 0 Å². The van der Waals surface area contributed by atoms with E-state index in [-0.39, 0.29) is 5.75 Å². The van der Waals surface area contributed by atoms with Gasteiger partial charge >= 0.3 is 0 Å². The van der Waals surface area contributed by atoms with Crippen LogP contribution in [0.25, 0.3) is 0 Å². The van der Waals surface area contributed by atoms with Crippen molar-refractivity contribution in [3.8, 4) is 5.75 Å². The Labute approximate surface area is 110 Å². The van der Waals surface area contributed by atoms with Gasteiger partial charge in [-0.2, -0.15) is 0 Å². The summed E-state index contributed by atoms with van der Waals surface area (Å²) in [7, 11) is -3.03. The van der Waals surface area contributed by atoms with Crippen molar-refractivity contribution < 1.29 is 13.2 Å². The zero-order valence-corrected chi connectivity index (χ0v) is 12.1. The number of hydrogen-bond acceptors (Lipinski definition) is 3. The third-order valence-electron chi connectivity index (χ3n) is 2.62. The molecule has 1 aliphatic rings. The van der Waals surface area contributed by atoms with E-state index < -0.39 is 9.84 Å². The summed E-state index contributed by atoms with van der Waals surface area (Å²) in [6.45, 7) is 0.688. The van der Waals surface area contributed by atoms with Gasteiger partial charge in [0.15, 0.2) is 9.84 Å². The molecule has 0 aliphatic heterocycles. The van der Waals surface area contributed by atoms with Gasteiger partial charge in [-0.3, -0.25) is 0 Å². The molecular formula is C12H15BrO3S. The van der Waals surface area contributed by atoms with Gasteiger partial charge in [0, 0.05) is 16.3 Å². The minimum Gasteiger partial charge on any atom is -0.493 e. The molecule has 0 aromatic heterocycles. The van der Waals surface area contributed by atoms with Crippen molar-refractivity contribution in [3.05, 3.63) is 28.2 Å². The second-order valence-electron chi connectivity index (χ2n) is 4.58. The van der Waals surface area contributed by atoms with Crippen LogP contribution in [0, 0.1) is 5.92 Å². The molecule has 0 N–H and O–H groups in total. The second-order valence-corrected chi connectivity index (χ2v) is 7.63. The van der Waals surface area contributed by atoms with E-state index in [1.807, 2.05) is 12.1 Å². The lowest BCUT2D eigenvalue weighted by Gasteiger charge is -2.11. The van der Waals surface area contributed by atoms with Crippen LogP contribution >= 0.6 is 15.9 Å². The van der Waals surface area contributed by atoms with E-state index >= 15 is 0 Å². The molecule has 0 bridgehead atoms. The molecule has 0 spiro atoms. The number of ether oxygens (including phenoxy) is 1. The summed E-state index contributed by atoms with van der Waals surface area (Å²) in [5.74, 6) is 1.36. The molecule has 5 heteroatoms. The SMILES string of the molecule is CS(=O)(=O)Cc1ccc(Br)cc1OCC1CC1. The Morgan fingerprint density at radius 1 is 1.41 bits per heavy atom. The van der Waals surface area contributed by atoms with E-state index in [2.05, 4.69) is 15.9 Å². The number of benzene rings is 1. The Balaban J connectivity index is 2.16. The van der Waals surface area contributed by atoms with Crippen molar-refractivity contribution in [3.63, 3.8) is 0 Å². The van der Waals surface area contributed by atoms with Gasteiger partial charge in [-0.25, -0.2) is 8.42 Å². The fraction of sp³-hybridized carbons (Fsp3) is 0.500. The highest BCUT2D eigenvalue weighted by Gasteiger charge is 2.22. The van der Waals surface area contributed by atoms with E-state index in [1.165, 1.54) is 19.1 Å². The lowest BCUT2D eigenvalue weighted by Crippen LogP contribution is -2.06. The zero-order valence-electron chi connectivity index (χ0n) is 9.65. The van der Waals surface area contributed by atoms with Gasteiger partial charge in [-0.05, 0) is 30.9 Å². The fourth-order valence-corrected chi connectivity index (χ4v) is 2.70. The number of rotatable bonds is 5. The smallest absolute Gasteiger partial charge is 0.151 e. The van der Waals surface area contributed by atoms with Crippen LogP contribution in [-0.4, -0.2) is 21.3 Å². The van der Waals surface area contributed by atoms with Crippen LogP contribution in [0.15, 0.2) is 22.7 Å². The second kappa shape index (κ2) is 4.98. The first kappa shape index (κ1) is 12.9. The van der Waals surface area contributed by atoms with E-state index in [0.29, 0.717) is 18.3 Å². The number of sulfone groups is 1. The summed E-state index contributed by atoms with van der Waals surface area (Å²) in [6.07, 6.45) is 3.67. The summed E-state index contributed by atoms with van der Waals surface area (Å²) in [5, 5.41) is 0. The number of halogens is 1. The lowest BCUT2D eigenvalue weighted by atomic mass is 10.2. The molecule has 1 aromatic rings. The molecule has 0 amide bonds. The number of hydrogen-bond donors (Lipinski definition) is 0. The summed E-state index contributed by atoms with van der Waals surface area (Å²) in [5.41, 5.74) is 0.733. The van der Waals surface area contributed by atoms with E-state index in [9.17, 15) is 8.42 Å². The molecule has 1 aliphatic carbocycles. The highest BCUT2D eigenvalue weighted by atomic mass is 79.9. The summed E-state index contributed by atoms with van der Waals surface area (Å²) < 4.78 is 29.2. The van der Waals surface area contributed by atoms with Crippen LogP contribution in [0.2, 0.25) is 0 Å². The molecule has 1 saturated carbocycles. The van der Waals surface area contributed by atoms with E-state index in [1.54, 1.807) is 6.07 Å². The highest BCUT2D eigenvalue weighted by molar-refractivity contribution is 9.10. The van der Waals surface area contributed by atoms with Crippen LogP contribution in [0.5, 0.6) is 5.75 Å². The molecule has 2 rings (SSSR count). The van der Waals surface area contributed by atoms with E-state index in [0.717, 1.165) is 10.0 Å². The largest absolute Gasteiger partial charge is 0.493 e. The van der Waals surface area contributed by atoms with Crippen molar-refractivity contribution in [2.75, 3.05) is 12.9 Å². The van der Waals surface area contributed by atoms with Crippen LogP contribution in [-0.2, 0) is 15.6 Å². The van der Waals surface area contributed by atoms with Gasteiger partial charge in [0.25, 0.3) is 0 Å². The molecule has 1 aromatic carbocycles. The van der Waals surface area contributed by atoms with Crippen molar-refractivity contribution in [1.29, 1.82) is 0 Å². The first-order chi connectivity index (χ1) is 7.94. The minimum absolute atomic E-state index is 0.0281. The topological polar surface area (TPSA) is 43.4 Å². The van der Waals surface area contributed by atoms with Gasteiger partial charge in [0.05, 0.1) is 12.4 Å². The fourth-order valence-electron chi connectivity index (χ4n) is 1.56. The Bertz CT molecular complexity index is 506. The maximum atomic E-state index is 11.3. The van der Waals surface area contributed by atoms with E-state index in [4.69, 9.17) is 4.74 Å². The normalized spacial score (nSPS) is 15.9. The van der Waals surface area contributed by atoms with Crippen molar-refractivity contribution in [1.82, 2.24) is 0 Å². The molecule has 17 heavy (non-hydrogen) atoms. The standard InChI is InChI=1S/C12H15BrO3S/c1-17(14,15)8-10-4-5-11(13)6-12(10)16-7-9-2-3-9/h4-6,9H,2-3,7-8H2,1H3. The third kappa shape index (κ3) is 4.32. The lowest BCUT2D eigenvalue weighted by molar-refractivity contribution is 0.297. The molecule has 1 fully saturated rings.